The van der Waals surface area contributed by atoms with Crippen LogP contribution in [0.15, 0.2) is 58.3 Å². The Balaban J connectivity index is 0.00000324. The van der Waals surface area contributed by atoms with Crippen LogP contribution in [0, 0.1) is 12.8 Å². The van der Waals surface area contributed by atoms with E-state index in [1.165, 1.54) is 18.4 Å². The molecule has 0 saturated carbocycles. The molecule has 0 radical (unpaired) electrons. The van der Waals surface area contributed by atoms with Gasteiger partial charge in [-0.3, -0.25) is 0 Å². The Labute approximate surface area is 219 Å². The van der Waals surface area contributed by atoms with Gasteiger partial charge in [0.1, 0.15) is 12.1 Å². The lowest BCUT2D eigenvalue weighted by molar-refractivity contribution is 0.436. The molecule has 1 saturated heterocycles. The number of oxazole rings is 1. The maximum absolute atomic E-state index is 5.66. The highest BCUT2D eigenvalue weighted by Gasteiger charge is 2.16. The minimum absolute atomic E-state index is 0. The van der Waals surface area contributed by atoms with Crippen molar-refractivity contribution >= 4 is 35.8 Å². The van der Waals surface area contributed by atoms with Gasteiger partial charge in [0.2, 0.25) is 5.89 Å². The molecule has 1 aliphatic rings. The smallest absolute Gasteiger partial charge is 0.226 e. The zero-order chi connectivity index (χ0) is 23.0. The van der Waals surface area contributed by atoms with Crippen LogP contribution in [0.4, 0.5) is 5.82 Å². The number of nitrogens with zero attached hydrogens (tertiary/aromatic N) is 4. The first kappa shape index (κ1) is 26.0. The zero-order valence-corrected chi connectivity index (χ0v) is 22.6. The van der Waals surface area contributed by atoms with Crippen molar-refractivity contribution in [2.45, 2.75) is 46.7 Å². The molecule has 1 fully saturated rings. The van der Waals surface area contributed by atoms with Crippen LogP contribution in [0.2, 0.25) is 0 Å². The lowest BCUT2D eigenvalue weighted by atomic mass is 9.99. The highest BCUT2D eigenvalue weighted by atomic mass is 127. The molecule has 3 heterocycles. The van der Waals surface area contributed by atoms with E-state index in [0.29, 0.717) is 19.0 Å². The first-order valence-corrected chi connectivity index (χ1v) is 11.8. The second kappa shape index (κ2) is 12.7. The second-order valence-electron chi connectivity index (χ2n) is 8.75. The number of anilines is 1. The standard InChI is InChI=1S/C26H34N6O.HI/c1-4-27-26(30-17-23-18-33-25(31-23)22-8-5-19(2)6-9-22)29-16-21-7-10-24(28-15-21)32-13-11-20(3)12-14-32;/h5-10,15,18,20H,4,11-14,16-17H2,1-3H3,(H2,27,29,30);1H. The van der Waals surface area contributed by atoms with Crippen LogP contribution in [-0.4, -0.2) is 35.6 Å². The molecule has 0 atom stereocenters. The molecule has 0 bridgehead atoms. The van der Waals surface area contributed by atoms with Gasteiger partial charge in [-0.15, -0.1) is 24.0 Å². The normalized spacial score (nSPS) is 14.6. The molecule has 7 nitrogen and oxygen atoms in total. The van der Waals surface area contributed by atoms with E-state index in [1.54, 1.807) is 6.26 Å². The number of aryl methyl sites for hydroxylation is 1. The van der Waals surface area contributed by atoms with Gasteiger partial charge >= 0.3 is 0 Å². The minimum atomic E-state index is 0. The number of benzene rings is 1. The topological polar surface area (TPSA) is 78.6 Å². The molecule has 2 N–H and O–H groups in total. The molecule has 4 rings (SSSR count). The summed E-state index contributed by atoms with van der Waals surface area (Å²) in [5.74, 6) is 3.25. The van der Waals surface area contributed by atoms with Gasteiger partial charge < -0.3 is 20.0 Å². The molecule has 2 aromatic heterocycles. The Kier molecular flexibility index (Phi) is 9.74. The number of aromatic nitrogens is 2. The van der Waals surface area contributed by atoms with Gasteiger partial charge in [-0.25, -0.2) is 15.0 Å². The molecule has 1 aliphatic heterocycles. The first-order valence-electron chi connectivity index (χ1n) is 11.8. The van der Waals surface area contributed by atoms with E-state index in [2.05, 4.69) is 70.5 Å². The van der Waals surface area contributed by atoms with Crippen LogP contribution in [0.1, 0.15) is 43.5 Å². The summed E-state index contributed by atoms with van der Waals surface area (Å²) < 4.78 is 5.66. The lowest BCUT2D eigenvalue weighted by Crippen LogP contribution is -2.36. The lowest BCUT2D eigenvalue weighted by Gasteiger charge is -2.31. The van der Waals surface area contributed by atoms with Crippen LogP contribution in [0.3, 0.4) is 0 Å². The number of pyridine rings is 1. The Morgan fingerprint density at radius 1 is 1.12 bits per heavy atom. The molecule has 8 heteroatoms. The van der Waals surface area contributed by atoms with Crippen LogP contribution in [0.25, 0.3) is 11.5 Å². The van der Waals surface area contributed by atoms with Crippen LogP contribution >= 0.6 is 24.0 Å². The van der Waals surface area contributed by atoms with E-state index in [1.807, 2.05) is 18.3 Å². The van der Waals surface area contributed by atoms with Crippen molar-refractivity contribution in [2.24, 2.45) is 10.9 Å². The summed E-state index contributed by atoms with van der Waals surface area (Å²) in [6, 6.07) is 12.4. The summed E-state index contributed by atoms with van der Waals surface area (Å²) >= 11 is 0. The number of nitrogens with one attached hydrogen (secondary N) is 2. The average Bonchev–Trinajstić information content (AvgIpc) is 3.31. The molecule has 34 heavy (non-hydrogen) atoms. The van der Waals surface area contributed by atoms with Gasteiger partial charge in [0, 0.05) is 31.4 Å². The fraction of sp³-hybridized carbons (Fsp3) is 0.423. The van der Waals surface area contributed by atoms with Crippen molar-refractivity contribution < 1.29 is 4.42 Å². The number of halogens is 1. The average molecular weight is 575 g/mol. The highest BCUT2D eigenvalue weighted by Crippen LogP contribution is 2.21. The summed E-state index contributed by atoms with van der Waals surface area (Å²) in [7, 11) is 0. The van der Waals surface area contributed by atoms with E-state index >= 15 is 0 Å². The number of guanidine groups is 1. The maximum Gasteiger partial charge on any atom is 0.226 e. The number of hydrogen-bond acceptors (Lipinski definition) is 5. The molecule has 0 amide bonds. The monoisotopic (exact) mass is 574 g/mol. The van der Waals surface area contributed by atoms with Gasteiger partial charge in [0.25, 0.3) is 0 Å². The quantitative estimate of drug-likeness (QED) is 0.231. The van der Waals surface area contributed by atoms with Crippen molar-refractivity contribution in [1.82, 2.24) is 20.6 Å². The molecule has 0 aliphatic carbocycles. The van der Waals surface area contributed by atoms with Crippen LogP contribution < -0.4 is 15.5 Å². The molecule has 0 unspecified atom stereocenters. The molecule has 0 spiro atoms. The zero-order valence-electron chi connectivity index (χ0n) is 20.3. The number of aliphatic imine (C=N–C) groups is 1. The minimum Gasteiger partial charge on any atom is -0.444 e. The largest absolute Gasteiger partial charge is 0.444 e. The molecule has 3 aromatic rings. The van der Waals surface area contributed by atoms with Crippen molar-refractivity contribution in [3.63, 3.8) is 0 Å². The highest BCUT2D eigenvalue weighted by molar-refractivity contribution is 14.0. The van der Waals surface area contributed by atoms with Crippen molar-refractivity contribution in [2.75, 3.05) is 24.5 Å². The van der Waals surface area contributed by atoms with Crippen LogP contribution in [-0.2, 0) is 13.1 Å². The van der Waals surface area contributed by atoms with Crippen molar-refractivity contribution in [3.8, 4) is 11.5 Å². The maximum atomic E-state index is 5.66. The van der Waals surface area contributed by atoms with E-state index < -0.39 is 0 Å². The van der Waals surface area contributed by atoms with E-state index in [-0.39, 0.29) is 24.0 Å². The third-order valence-electron chi connectivity index (χ3n) is 5.97. The first-order chi connectivity index (χ1) is 16.1. The van der Waals surface area contributed by atoms with Gasteiger partial charge in [-0.1, -0.05) is 30.7 Å². The Morgan fingerprint density at radius 3 is 2.56 bits per heavy atom. The summed E-state index contributed by atoms with van der Waals surface area (Å²) in [5.41, 5.74) is 4.11. The van der Waals surface area contributed by atoms with E-state index in [9.17, 15) is 0 Å². The predicted molar refractivity (Wildman–Crippen MR) is 149 cm³/mol. The summed E-state index contributed by atoms with van der Waals surface area (Å²) in [6.07, 6.45) is 6.11. The van der Waals surface area contributed by atoms with Crippen molar-refractivity contribution in [3.05, 3.63) is 65.7 Å². The predicted octanol–water partition coefficient (Wildman–Crippen LogP) is 5.15. The molecule has 1 aromatic carbocycles. The van der Waals surface area contributed by atoms with Gasteiger partial charge in [-0.05, 0) is 56.4 Å². The summed E-state index contributed by atoms with van der Waals surface area (Å²) in [5, 5.41) is 6.62. The number of piperidine rings is 1. The second-order valence-corrected chi connectivity index (χ2v) is 8.75. The summed E-state index contributed by atoms with van der Waals surface area (Å²) in [6.45, 7) is 10.5. The molecular formula is C26H35IN6O. The fourth-order valence-corrected chi connectivity index (χ4v) is 3.84. The SMILES string of the molecule is CCNC(=NCc1ccc(N2CCC(C)CC2)nc1)NCc1coc(-c2ccc(C)cc2)n1.I. The van der Waals surface area contributed by atoms with Gasteiger partial charge in [0.05, 0.1) is 18.8 Å². The van der Waals surface area contributed by atoms with Crippen molar-refractivity contribution in [1.29, 1.82) is 0 Å². The Morgan fingerprint density at radius 2 is 1.88 bits per heavy atom. The Hall–Kier alpha value is -2.62. The van der Waals surface area contributed by atoms with E-state index in [4.69, 9.17) is 9.41 Å². The van der Waals surface area contributed by atoms with Gasteiger partial charge in [0.15, 0.2) is 5.96 Å². The third-order valence-corrected chi connectivity index (χ3v) is 5.97. The number of rotatable bonds is 7. The number of hydrogen-bond donors (Lipinski definition) is 2. The van der Waals surface area contributed by atoms with Crippen LogP contribution in [0.5, 0.6) is 0 Å². The fourth-order valence-electron chi connectivity index (χ4n) is 3.84. The molecular weight excluding hydrogens is 539 g/mol. The van der Waals surface area contributed by atoms with E-state index in [0.717, 1.165) is 54.2 Å². The molecule has 182 valence electrons. The summed E-state index contributed by atoms with van der Waals surface area (Å²) in [4.78, 5) is 16.4. The van der Waals surface area contributed by atoms with Gasteiger partial charge in [-0.2, -0.15) is 0 Å². The third kappa shape index (κ3) is 7.19. The Bertz CT molecular complexity index is 1040.